The van der Waals surface area contributed by atoms with Gasteiger partial charge in [-0.25, -0.2) is 0 Å². The number of hydrogen-bond acceptors (Lipinski definition) is 0. The van der Waals surface area contributed by atoms with Gasteiger partial charge in [0.2, 0.25) is 0 Å². The molecule has 134 valence electrons. The van der Waals surface area contributed by atoms with Gasteiger partial charge in [0.25, 0.3) is 0 Å². The van der Waals surface area contributed by atoms with Crippen LogP contribution in [0.3, 0.4) is 0 Å². The molecule has 0 aliphatic rings. The van der Waals surface area contributed by atoms with Crippen molar-refractivity contribution in [2.24, 2.45) is 0 Å². The molecule has 0 spiro atoms. The van der Waals surface area contributed by atoms with Gasteiger partial charge in [0.05, 0.1) is 0 Å². The lowest BCUT2D eigenvalue weighted by molar-refractivity contribution is 1.15. The van der Waals surface area contributed by atoms with Gasteiger partial charge in [0.15, 0.2) is 0 Å². The molecular weight excluding hydrogens is 340 g/mol. The molecule has 0 fully saturated rings. The van der Waals surface area contributed by atoms with E-state index in [1.807, 2.05) is 0 Å². The normalized spacial score (nSPS) is 11.9. The summed E-state index contributed by atoms with van der Waals surface area (Å²) in [7, 11) is 0. The number of aromatic amines is 2. The van der Waals surface area contributed by atoms with Crippen LogP contribution in [0.1, 0.15) is 12.5 Å². The zero-order chi connectivity index (χ0) is 18.7. The SMILES string of the molecule is CCc1cc(-c2ccc3[nH]c4ccccc4c3c2)cc2c1[nH]c1ccccc12. The first-order valence-electron chi connectivity index (χ1n) is 9.86. The van der Waals surface area contributed by atoms with Gasteiger partial charge in [0, 0.05) is 43.6 Å². The number of aromatic nitrogens is 2. The molecule has 0 saturated heterocycles. The summed E-state index contributed by atoms with van der Waals surface area (Å²) >= 11 is 0. The lowest BCUT2D eigenvalue weighted by Gasteiger charge is -2.07. The standard InChI is InChI=1S/C26H20N2/c1-2-16-13-18(15-22-20-8-4-6-10-24(20)28-26(16)22)17-11-12-25-21(14-17)19-7-3-5-9-23(19)27-25/h3-15,27-28H,2H2,1H3. The monoisotopic (exact) mass is 360 g/mol. The highest BCUT2D eigenvalue weighted by molar-refractivity contribution is 6.11. The topological polar surface area (TPSA) is 31.6 Å². The number of benzene rings is 4. The van der Waals surface area contributed by atoms with E-state index in [9.17, 15) is 0 Å². The van der Waals surface area contributed by atoms with Gasteiger partial charge < -0.3 is 9.97 Å². The number of nitrogens with one attached hydrogen (secondary N) is 2. The largest absolute Gasteiger partial charge is 0.355 e. The molecule has 2 aromatic heterocycles. The lowest BCUT2D eigenvalue weighted by Crippen LogP contribution is -1.86. The molecule has 4 aromatic carbocycles. The number of aryl methyl sites for hydroxylation is 1. The van der Waals surface area contributed by atoms with E-state index < -0.39 is 0 Å². The first kappa shape index (κ1) is 15.5. The minimum Gasteiger partial charge on any atom is -0.355 e. The summed E-state index contributed by atoms with van der Waals surface area (Å²) in [6.07, 6.45) is 1.01. The van der Waals surface area contributed by atoms with Crippen LogP contribution in [-0.4, -0.2) is 9.97 Å². The van der Waals surface area contributed by atoms with Crippen molar-refractivity contribution in [3.8, 4) is 11.1 Å². The fourth-order valence-corrected chi connectivity index (χ4v) is 4.50. The maximum absolute atomic E-state index is 3.62. The highest BCUT2D eigenvalue weighted by Gasteiger charge is 2.12. The van der Waals surface area contributed by atoms with Crippen LogP contribution in [0.25, 0.3) is 54.7 Å². The van der Waals surface area contributed by atoms with Crippen LogP contribution in [0.5, 0.6) is 0 Å². The molecule has 0 bridgehead atoms. The molecule has 2 heterocycles. The van der Waals surface area contributed by atoms with Crippen LogP contribution < -0.4 is 0 Å². The molecule has 0 aliphatic heterocycles. The Morgan fingerprint density at radius 1 is 0.571 bits per heavy atom. The summed E-state index contributed by atoms with van der Waals surface area (Å²) in [5.74, 6) is 0. The van der Waals surface area contributed by atoms with E-state index in [0.717, 1.165) is 6.42 Å². The molecule has 0 radical (unpaired) electrons. The van der Waals surface area contributed by atoms with Crippen LogP contribution in [-0.2, 0) is 6.42 Å². The molecule has 28 heavy (non-hydrogen) atoms. The summed E-state index contributed by atoms with van der Waals surface area (Å²) in [6, 6.07) is 28.5. The average Bonchev–Trinajstić information content (AvgIpc) is 3.31. The summed E-state index contributed by atoms with van der Waals surface area (Å²) in [5.41, 5.74) is 8.75. The van der Waals surface area contributed by atoms with Crippen LogP contribution in [0, 0.1) is 0 Å². The Balaban J connectivity index is 1.65. The summed E-state index contributed by atoms with van der Waals surface area (Å²) in [4.78, 5) is 7.14. The van der Waals surface area contributed by atoms with Crippen molar-refractivity contribution in [1.29, 1.82) is 0 Å². The smallest absolute Gasteiger partial charge is 0.0497 e. The Kier molecular flexibility index (Phi) is 3.18. The summed E-state index contributed by atoms with van der Waals surface area (Å²) in [5, 5.41) is 5.17. The second-order valence-electron chi connectivity index (χ2n) is 7.51. The van der Waals surface area contributed by atoms with Gasteiger partial charge in [-0.2, -0.15) is 0 Å². The lowest BCUT2D eigenvalue weighted by atomic mass is 9.97. The second-order valence-corrected chi connectivity index (χ2v) is 7.51. The molecule has 0 unspecified atom stereocenters. The van der Waals surface area contributed by atoms with Gasteiger partial charge in [-0.3, -0.25) is 0 Å². The number of para-hydroxylation sites is 2. The van der Waals surface area contributed by atoms with Crippen molar-refractivity contribution in [1.82, 2.24) is 9.97 Å². The van der Waals surface area contributed by atoms with Crippen molar-refractivity contribution < 1.29 is 0 Å². The Hall–Kier alpha value is -3.52. The first-order valence-corrected chi connectivity index (χ1v) is 9.86. The molecule has 6 rings (SSSR count). The second kappa shape index (κ2) is 5.74. The number of rotatable bonds is 2. The Labute approximate surface area is 162 Å². The minimum atomic E-state index is 1.01. The van der Waals surface area contributed by atoms with Gasteiger partial charge >= 0.3 is 0 Å². The molecule has 0 saturated carbocycles. The van der Waals surface area contributed by atoms with Crippen LogP contribution in [0.4, 0.5) is 0 Å². The highest BCUT2D eigenvalue weighted by Crippen LogP contribution is 2.35. The van der Waals surface area contributed by atoms with Crippen LogP contribution in [0.2, 0.25) is 0 Å². The zero-order valence-corrected chi connectivity index (χ0v) is 15.7. The van der Waals surface area contributed by atoms with Crippen molar-refractivity contribution in [2.75, 3.05) is 0 Å². The Bertz CT molecular complexity index is 1500. The molecule has 2 heteroatoms. The van der Waals surface area contributed by atoms with Crippen molar-refractivity contribution >= 4 is 43.6 Å². The predicted molar refractivity (Wildman–Crippen MR) is 120 cm³/mol. The van der Waals surface area contributed by atoms with E-state index in [4.69, 9.17) is 0 Å². The number of fused-ring (bicyclic) bond motifs is 6. The molecular formula is C26H20N2. The van der Waals surface area contributed by atoms with Crippen molar-refractivity contribution in [2.45, 2.75) is 13.3 Å². The number of H-pyrrole nitrogens is 2. The summed E-state index contributed by atoms with van der Waals surface area (Å²) < 4.78 is 0. The zero-order valence-electron chi connectivity index (χ0n) is 15.7. The number of hydrogen-bond donors (Lipinski definition) is 2. The Morgan fingerprint density at radius 2 is 1.21 bits per heavy atom. The molecule has 0 atom stereocenters. The van der Waals surface area contributed by atoms with Gasteiger partial charge in [-0.1, -0.05) is 49.4 Å². The third-order valence-corrected chi connectivity index (χ3v) is 5.92. The summed E-state index contributed by atoms with van der Waals surface area (Å²) in [6.45, 7) is 2.23. The van der Waals surface area contributed by atoms with Crippen molar-refractivity contribution in [3.63, 3.8) is 0 Å². The first-order chi connectivity index (χ1) is 13.8. The molecule has 0 amide bonds. The maximum Gasteiger partial charge on any atom is 0.0497 e. The minimum absolute atomic E-state index is 1.01. The molecule has 2 nitrogen and oxygen atoms in total. The van der Waals surface area contributed by atoms with Crippen LogP contribution in [0.15, 0.2) is 78.9 Å². The van der Waals surface area contributed by atoms with E-state index in [1.165, 1.54) is 60.3 Å². The fourth-order valence-electron chi connectivity index (χ4n) is 4.50. The highest BCUT2D eigenvalue weighted by atomic mass is 14.7. The van der Waals surface area contributed by atoms with Gasteiger partial charge in [-0.05, 0) is 59.5 Å². The Morgan fingerprint density at radius 3 is 2.00 bits per heavy atom. The molecule has 6 aromatic rings. The third kappa shape index (κ3) is 2.15. The molecule has 2 N–H and O–H groups in total. The van der Waals surface area contributed by atoms with Crippen molar-refractivity contribution in [3.05, 3.63) is 84.4 Å². The maximum atomic E-state index is 3.62. The predicted octanol–water partition coefficient (Wildman–Crippen LogP) is 7.19. The van der Waals surface area contributed by atoms with Gasteiger partial charge in [-0.15, -0.1) is 0 Å². The van der Waals surface area contributed by atoms with Gasteiger partial charge in [0.1, 0.15) is 0 Å². The molecule has 0 aliphatic carbocycles. The van der Waals surface area contributed by atoms with Crippen LogP contribution >= 0.6 is 0 Å². The third-order valence-electron chi connectivity index (χ3n) is 5.92. The average molecular weight is 360 g/mol. The van der Waals surface area contributed by atoms with E-state index in [1.54, 1.807) is 0 Å². The quantitative estimate of drug-likeness (QED) is 0.328. The van der Waals surface area contributed by atoms with E-state index in [-0.39, 0.29) is 0 Å². The van der Waals surface area contributed by atoms with E-state index in [2.05, 4.69) is 95.8 Å². The fraction of sp³-hybridized carbons (Fsp3) is 0.0769. The van der Waals surface area contributed by atoms with E-state index >= 15 is 0 Å². The van der Waals surface area contributed by atoms with E-state index in [0.29, 0.717) is 0 Å².